The molecular weight excluding hydrogens is 258 g/mol. The molecule has 0 saturated heterocycles. The fraction of sp³-hybridized carbons (Fsp3) is 0.211. The zero-order valence-corrected chi connectivity index (χ0v) is 12.3. The molecule has 1 aliphatic rings. The first kappa shape index (κ1) is 12.4. The van der Waals surface area contributed by atoms with E-state index in [1.165, 1.54) is 5.56 Å². The van der Waals surface area contributed by atoms with Crippen molar-refractivity contribution in [1.82, 2.24) is 4.57 Å². The van der Waals surface area contributed by atoms with Crippen molar-refractivity contribution in [2.45, 2.75) is 19.3 Å². The molecule has 4 rings (SSSR count). The third kappa shape index (κ3) is 1.62. The molecule has 0 amide bonds. The van der Waals surface area contributed by atoms with Crippen molar-refractivity contribution in [3.05, 3.63) is 70.9 Å². The molecule has 1 heterocycles. The smallest absolute Gasteiger partial charge is 0.195 e. The molecule has 0 N–H and O–H groups in total. The molecule has 2 aromatic carbocycles. The SMILES string of the molecule is C[C@@H]1Cc2c(c3ccccc3n2C)C(=O)c2ccccc21. The molecule has 1 aromatic heterocycles. The van der Waals surface area contributed by atoms with Crippen molar-refractivity contribution < 1.29 is 4.79 Å². The number of rotatable bonds is 0. The summed E-state index contributed by atoms with van der Waals surface area (Å²) in [5, 5.41) is 1.07. The van der Waals surface area contributed by atoms with Crippen LogP contribution in [0.25, 0.3) is 10.9 Å². The summed E-state index contributed by atoms with van der Waals surface area (Å²) < 4.78 is 2.19. The van der Waals surface area contributed by atoms with E-state index in [2.05, 4.69) is 36.7 Å². The van der Waals surface area contributed by atoms with Gasteiger partial charge in [0.25, 0.3) is 0 Å². The van der Waals surface area contributed by atoms with Crippen LogP contribution in [0.3, 0.4) is 0 Å². The van der Waals surface area contributed by atoms with E-state index in [1.807, 2.05) is 30.3 Å². The van der Waals surface area contributed by atoms with Gasteiger partial charge in [0.1, 0.15) is 0 Å². The lowest BCUT2D eigenvalue weighted by Gasteiger charge is -2.12. The molecule has 21 heavy (non-hydrogen) atoms. The number of ketones is 1. The van der Waals surface area contributed by atoms with Gasteiger partial charge in [-0.3, -0.25) is 4.79 Å². The number of fused-ring (bicyclic) bond motifs is 4. The first-order valence-corrected chi connectivity index (χ1v) is 7.38. The van der Waals surface area contributed by atoms with Gasteiger partial charge in [0.15, 0.2) is 5.78 Å². The number of benzene rings is 2. The van der Waals surface area contributed by atoms with E-state index < -0.39 is 0 Å². The summed E-state index contributed by atoms with van der Waals surface area (Å²) in [6.07, 6.45) is 0.906. The van der Waals surface area contributed by atoms with Crippen molar-refractivity contribution in [1.29, 1.82) is 0 Å². The van der Waals surface area contributed by atoms with Crippen molar-refractivity contribution in [2.24, 2.45) is 7.05 Å². The third-order valence-corrected chi connectivity index (χ3v) is 4.69. The van der Waals surface area contributed by atoms with E-state index in [0.29, 0.717) is 5.92 Å². The molecular formula is C19H17NO. The van der Waals surface area contributed by atoms with Gasteiger partial charge in [-0.25, -0.2) is 0 Å². The van der Waals surface area contributed by atoms with Crippen LogP contribution in [0.15, 0.2) is 48.5 Å². The Hall–Kier alpha value is -2.35. The number of carbonyl (C=O) groups is 1. The zero-order chi connectivity index (χ0) is 14.6. The Kier molecular flexibility index (Phi) is 2.55. The highest BCUT2D eigenvalue weighted by Gasteiger charge is 2.29. The Morgan fingerprint density at radius 3 is 2.62 bits per heavy atom. The summed E-state index contributed by atoms with van der Waals surface area (Å²) >= 11 is 0. The summed E-state index contributed by atoms with van der Waals surface area (Å²) in [5.74, 6) is 0.524. The standard InChI is InChI=1S/C19H17NO/c1-12-11-17-18(15-9-5-6-10-16(15)20(17)2)19(21)14-8-4-3-7-13(12)14/h3-10,12H,11H2,1-2H3/t12-/m1/s1. The molecule has 0 fully saturated rings. The normalized spacial score (nSPS) is 17.4. The minimum Gasteiger partial charge on any atom is -0.347 e. The largest absolute Gasteiger partial charge is 0.347 e. The summed E-state index contributed by atoms with van der Waals surface area (Å²) in [6.45, 7) is 2.21. The topological polar surface area (TPSA) is 22.0 Å². The Balaban J connectivity index is 2.10. The highest BCUT2D eigenvalue weighted by atomic mass is 16.1. The van der Waals surface area contributed by atoms with Gasteiger partial charge in [0.05, 0.1) is 5.56 Å². The van der Waals surface area contributed by atoms with Crippen LogP contribution in [0.1, 0.15) is 40.0 Å². The maximum absolute atomic E-state index is 13.1. The monoisotopic (exact) mass is 275 g/mol. The first-order chi connectivity index (χ1) is 10.2. The number of aromatic nitrogens is 1. The Morgan fingerprint density at radius 1 is 1.05 bits per heavy atom. The van der Waals surface area contributed by atoms with E-state index in [4.69, 9.17) is 0 Å². The van der Waals surface area contributed by atoms with Gasteiger partial charge in [0.2, 0.25) is 0 Å². The number of nitrogens with zero attached hydrogens (tertiary/aromatic N) is 1. The van der Waals surface area contributed by atoms with E-state index in [-0.39, 0.29) is 5.78 Å². The number of hydrogen-bond donors (Lipinski definition) is 0. The summed E-state index contributed by atoms with van der Waals surface area (Å²) in [4.78, 5) is 13.1. The number of carbonyl (C=O) groups excluding carboxylic acids is 1. The second-order valence-electron chi connectivity index (χ2n) is 5.92. The van der Waals surface area contributed by atoms with Crippen molar-refractivity contribution >= 4 is 16.7 Å². The maximum atomic E-state index is 13.1. The van der Waals surface area contributed by atoms with Gasteiger partial charge in [-0.15, -0.1) is 0 Å². The number of aryl methyl sites for hydroxylation is 1. The molecule has 3 aromatic rings. The van der Waals surface area contributed by atoms with Crippen LogP contribution >= 0.6 is 0 Å². The third-order valence-electron chi connectivity index (χ3n) is 4.69. The molecule has 0 unspecified atom stereocenters. The van der Waals surface area contributed by atoms with Crippen molar-refractivity contribution in [3.8, 4) is 0 Å². The van der Waals surface area contributed by atoms with Crippen LogP contribution < -0.4 is 0 Å². The molecule has 0 aliphatic heterocycles. The summed E-state index contributed by atoms with van der Waals surface area (Å²) in [7, 11) is 2.07. The van der Waals surface area contributed by atoms with Crippen LogP contribution in [-0.4, -0.2) is 10.4 Å². The predicted octanol–water partition coefficient (Wildman–Crippen LogP) is 4.07. The van der Waals surface area contributed by atoms with Gasteiger partial charge >= 0.3 is 0 Å². The minimum absolute atomic E-state index is 0.168. The fourth-order valence-corrected chi connectivity index (χ4v) is 3.61. The van der Waals surface area contributed by atoms with E-state index >= 15 is 0 Å². The van der Waals surface area contributed by atoms with Crippen LogP contribution in [0.5, 0.6) is 0 Å². The Labute approximate surface area is 124 Å². The average Bonchev–Trinajstić information content (AvgIpc) is 2.73. The van der Waals surface area contributed by atoms with Gasteiger partial charge in [0, 0.05) is 29.2 Å². The van der Waals surface area contributed by atoms with Crippen molar-refractivity contribution in [2.75, 3.05) is 0 Å². The highest BCUT2D eigenvalue weighted by molar-refractivity contribution is 6.18. The highest BCUT2D eigenvalue weighted by Crippen LogP contribution is 2.36. The lowest BCUT2D eigenvalue weighted by Crippen LogP contribution is -2.03. The lowest BCUT2D eigenvalue weighted by molar-refractivity contribution is 0.103. The van der Waals surface area contributed by atoms with E-state index in [1.54, 1.807) is 0 Å². The molecule has 0 saturated carbocycles. The molecule has 1 atom stereocenters. The fourth-order valence-electron chi connectivity index (χ4n) is 3.61. The zero-order valence-electron chi connectivity index (χ0n) is 12.3. The average molecular weight is 275 g/mol. The Morgan fingerprint density at radius 2 is 1.76 bits per heavy atom. The summed E-state index contributed by atoms with van der Waals surface area (Å²) in [5.41, 5.74) is 5.22. The van der Waals surface area contributed by atoms with E-state index in [0.717, 1.165) is 34.1 Å². The van der Waals surface area contributed by atoms with Gasteiger partial charge in [-0.2, -0.15) is 0 Å². The van der Waals surface area contributed by atoms with Gasteiger partial charge in [-0.1, -0.05) is 49.4 Å². The lowest BCUT2D eigenvalue weighted by atomic mass is 9.93. The molecule has 2 nitrogen and oxygen atoms in total. The van der Waals surface area contributed by atoms with Crippen LogP contribution in [0.2, 0.25) is 0 Å². The van der Waals surface area contributed by atoms with Crippen LogP contribution in [-0.2, 0) is 13.5 Å². The summed E-state index contributed by atoms with van der Waals surface area (Å²) in [6, 6.07) is 16.2. The molecule has 0 radical (unpaired) electrons. The molecule has 1 aliphatic carbocycles. The van der Waals surface area contributed by atoms with E-state index in [9.17, 15) is 4.79 Å². The molecule has 104 valence electrons. The second-order valence-corrected chi connectivity index (χ2v) is 5.92. The second kappa shape index (κ2) is 4.32. The predicted molar refractivity (Wildman–Crippen MR) is 84.9 cm³/mol. The van der Waals surface area contributed by atoms with Crippen LogP contribution in [0, 0.1) is 0 Å². The maximum Gasteiger partial charge on any atom is 0.195 e. The van der Waals surface area contributed by atoms with Gasteiger partial charge in [-0.05, 0) is 24.0 Å². The molecule has 2 heteroatoms. The van der Waals surface area contributed by atoms with Crippen molar-refractivity contribution in [3.63, 3.8) is 0 Å². The number of para-hydroxylation sites is 1. The molecule has 0 spiro atoms. The number of hydrogen-bond acceptors (Lipinski definition) is 1. The first-order valence-electron chi connectivity index (χ1n) is 7.38. The quantitative estimate of drug-likeness (QED) is 0.606. The van der Waals surface area contributed by atoms with Gasteiger partial charge < -0.3 is 4.57 Å². The van der Waals surface area contributed by atoms with Crippen LogP contribution in [0.4, 0.5) is 0 Å². The Bertz CT molecular complexity index is 872. The minimum atomic E-state index is 0.168. The molecule has 0 bridgehead atoms.